The van der Waals surface area contributed by atoms with Crippen LogP contribution in [-0.4, -0.2) is 62.3 Å². The smallest absolute Gasteiger partial charge is 0.0499 e. The zero-order valence-electron chi connectivity index (χ0n) is 11.9. The van der Waals surface area contributed by atoms with Gasteiger partial charge in [0, 0.05) is 18.6 Å². The fourth-order valence-electron chi connectivity index (χ4n) is 2.98. The zero-order chi connectivity index (χ0) is 12.7. The summed E-state index contributed by atoms with van der Waals surface area (Å²) in [6.45, 7) is 3.72. The summed E-state index contributed by atoms with van der Waals surface area (Å²) in [5.41, 5.74) is 0.200. The first-order valence-corrected chi connectivity index (χ1v) is 7.02. The molecule has 17 heavy (non-hydrogen) atoms. The normalized spacial score (nSPS) is 20.1. The predicted octanol–water partition coefficient (Wildman–Crippen LogP) is 1.81. The second-order valence-corrected chi connectivity index (χ2v) is 6.11. The molecule has 1 N–H and O–H groups in total. The Morgan fingerprint density at radius 1 is 1.00 bits per heavy atom. The second kappa shape index (κ2) is 7.34. The third-order valence-corrected chi connectivity index (χ3v) is 4.00. The van der Waals surface area contributed by atoms with Crippen molar-refractivity contribution >= 4 is 0 Å². The molecule has 1 rings (SSSR count). The average Bonchev–Trinajstić information content (AvgIpc) is 2.29. The van der Waals surface area contributed by atoms with E-state index in [1.165, 1.54) is 38.5 Å². The first-order valence-electron chi connectivity index (χ1n) is 7.02. The van der Waals surface area contributed by atoms with Crippen LogP contribution in [0.25, 0.3) is 0 Å². The summed E-state index contributed by atoms with van der Waals surface area (Å²) in [7, 11) is 6.44. The van der Waals surface area contributed by atoms with Crippen LogP contribution in [0.1, 0.15) is 38.5 Å². The molecule has 0 unspecified atom stereocenters. The van der Waals surface area contributed by atoms with Crippen LogP contribution >= 0.6 is 0 Å². The van der Waals surface area contributed by atoms with Gasteiger partial charge in [0.2, 0.25) is 0 Å². The Hall–Kier alpha value is -0.120. The van der Waals surface area contributed by atoms with Gasteiger partial charge in [0.15, 0.2) is 0 Å². The molecule has 0 saturated heterocycles. The van der Waals surface area contributed by atoms with Crippen molar-refractivity contribution in [3.05, 3.63) is 0 Å². The number of aliphatic hydroxyl groups excluding tert-OH is 1. The lowest BCUT2D eigenvalue weighted by molar-refractivity contribution is 0.0477. The molecule has 0 radical (unpaired) electrons. The molecule has 0 aromatic carbocycles. The van der Waals surface area contributed by atoms with E-state index in [4.69, 9.17) is 0 Å². The highest BCUT2D eigenvalue weighted by atomic mass is 16.3. The second-order valence-electron chi connectivity index (χ2n) is 6.11. The van der Waals surface area contributed by atoms with Gasteiger partial charge in [-0.15, -0.1) is 0 Å². The van der Waals surface area contributed by atoms with Crippen LogP contribution in [0.5, 0.6) is 0 Å². The van der Waals surface area contributed by atoms with E-state index < -0.39 is 0 Å². The molecule has 3 nitrogen and oxygen atoms in total. The Kier molecular flexibility index (Phi) is 6.45. The molecule has 0 heterocycles. The minimum absolute atomic E-state index is 0.200. The highest BCUT2D eigenvalue weighted by Gasteiger charge is 2.32. The maximum Gasteiger partial charge on any atom is 0.0499 e. The third kappa shape index (κ3) is 5.36. The first-order chi connectivity index (χ1) is 8.08. The van der Waals surface area contributed by atoms with Crippen molar-refractivity contribution < 1.29 is 5.11 Å². The van der Waals surface area contributed by atoms with E-state index in [0.29, 0.717) is 6.61 Å². The molecule has 0 amide bonds. The van der Waals surface area contributed by atoms with E-state index in [9.17, 15) is 5.11 Å². The van der Waals surface area contributed by atoms with Crippen LogP contribution in [0.2, 0.25) is 0 Å². The van der Waals surface area contributed by atoms with Crippen LogP contribution in [0.4, 0.5) is 0 Å². The van der Waals surface area contributed by atoms with E-state index in [-0.39, 0.29) is 5.41 Å². The Bertz CT molecular complexity index is 200. The molecule has 1 fully saturated rings. The minimum Gasteiger partial charge on any atom is -0.396 e. The molecule has 102 valence electrons. The van der Waals surface area contributed by atoms with Crippen molar-refractivity contribution in [2.75, 3.05) is 47.4 Å². The molecule has 1 saturated carbocycles. The van der Waals surface area contributed by atoms with Gasteiger partial charge >= 0.3 is 0 Å². The van der Waals surface area contributed by atoms with Gasteiger partial charge in [0.25, 0.3) is 0 Å². The van der Waals surface area contributed by atoms with Crippen molar-refractivity contribution in [2.24, 2.45) is 5.41 Å². The fraction of sp³-hybridized carbons (Fsp3) is 1.00. The number of aliphatic hydroxyl groups is 1. The monoisotopic (exact) mass is 242 g/mol. The maximum atomic E-state index is 9.67. The molecule has 1 aliphatic carbocycles. The van der Waals surface area contributed by atoms with Crippen molar-refractivity contribution in [3.8, 4) is 0 Å². The largest absolute Gasteiger partial charge is 0.396 e. The molecule has 3 heteroatoms. The van der Waals surface area contributed by atoms with Crippen LogP contribution in [0, 0.1) is 5.41 Å². The zero-order valence-corrected chi connectivity index (χ0v) is 11.9. The van der Waals surface area contributed by atoms with Crippen molar-refractivity contribution in [2.45, 2.75) is 38.5 Å². The molecule has 0 aliphatic heterocycles. The van der Waals surface area contributed by atoms with Gasteiger partial charge in [-0.2, -0.15) is 0 Å². The van der Waals surface area contributed by atoms with Crippen LogP contribution < -0.4 is 0 Å². The van der Waals surface area contributed by atoms with Crippen molar-refractivity contribution in [1.82, 2.24) is 9.80 Å². The Labute approximate surface area is 107 Å². The fourth-order valence-corrected chi connectivity index (χ4v) is 2.98. The van der Waals surface area contributed by atoms with Crippen molar-refractivity contribution in [3.63, 3.8) is 0 Å². The Morgan fingerprint density at radius 2 is 1.65 bits per heavy atom. The van der Waals surface area contributed by atoms with E-state index in [1.54, 1.807) is 0 Å². The van der Waals surface area contributed by atoms with Gasteiger partial charge in [-0.3, -0.25) is 0 Å². The topological polar surface area (TPSA) is 26.7 Å². The number of rotatable bonds is 7. The summed E-state index contributed by atoms with van der Waals surface area (Å²) in [4.78, 5) is 4.64. The van der Waals surface area contributed by atoms with E-state index in [1.807, 2.05) is 0 Å². The number of hydrogen-bond donors (Lipinski definition) is 1. The molecular formula is C14H30N2O. The van der Waals surface area contributed by atoms with E-state index >= 15 is 0 Å². The summed E-state index contributed by atoms with van der Waals surface area (Å²) >= 11 is 0. The van der Waals surface area contributed by atoms with E-state index in [0.717, 1.165) is 19.6 Å². The molecular weight excluding hydrogens is 212 g/mol. The minimum atomic E-state index is 0.200. The van der Waals surface area contributed by atoms with Gasteiger partial charge in [-0.1, -0.05) is 19.3 Å². The van der Waals surface area contributed by atoms with E-state index in [2.05, 4.69) is 30.9 Å². The Balaban J connectivity index is 2.29. The standard InChI is InChI=1S/C14H30N2O/c1-15(2)10-7-11-16(3)12-14(13-17)8-5-4-6-9-14/h17H,4-13H2,1-3H3. The Morgan fingerprint density at radius 3 is 2.18 bits per heavy atom. The summed E-state index contributed by atoms with van der Waals surface area (Å²) in [6.07, 6.45) is 7.58. The molecule has 0 spiro atoms. The van der Waals surface area contributed by atoms with Gasteiger partial charge < -0.3 is 14.9 Å². The molecule has 0 bridgehead atoms. The number of nitrogens with zero attached hydrogens (tertiary/aromatic N) is 2. The quantitative estimate of drug-likeness (QED) is 0.737. The molecule has 0 aromatic rings. The number of hydrogen-bond acceptors (Lipinski definition) is 3. The lowest BCUT2D eigenvalue weighted by atomic mass is 9.74. The summed E-state index contributed by atoms with van der Waals surface area (Å²) in [5, 5.41) is 9.67. The van der Waals surface area contributed by atoms with Gasteiger partial charge in [-0.25, -0.2) is 0 Å². The first kappa shape index (κ1) is 14.9. The summed E-state index contributed by atoms with van der Waals surface area (Å²) < 4.78 is 0. The van der Waals surface area contributed by atoms with Crippen molar-refractivity contribution in [1.29, 1.82) is 0 Å². The maximum absolute atomic E-state index is 9.67. The van der Waals surface area contributed by atoms with Gasteiger partial charge in [0.1, 0.15) is 0 Å². The average molecular weight is 242 g/mol. The third-order valence-electron chi connectivity index (χ3n) is 4.00. The lowest BCUT2D eigenvalue weighted by Crippen LogP contribution is -2.40. The van der Waals surface area contributed by atoms with Crippen LogP contribution in [0.15, 0.2) is 0 Å². The SMILES string of the molecule is CN(C)CCCN(C)CC1(CO)CCCCC1. The lowest BCUT2D eigenvalue weighted by Gasteiger charge is -2.38. The summed E-state index contributed by atoms with van der Waals surface area (Å²) in [6, 6.07) is 0. The molecule has 1 aliphatic rings. The molecule has 0 atom stereocenters. The highest BCUT2D eigenvalue weighted by Crippen LogP contribution is 2.36. The van der Waals surface area contributed by atoms with Gasteiger partial charge in [0.05, 0.1) is 0 Å². The highest BCUT2D eigenvalue weighted by molar-refractivity contribution is 4.84. The van der Waals surface area contributed by atoms with Gasteiger partial charge in [-0.05, 0) is 53.5 Å². The summed E-state index contributed by atoms with van der Waals surface area (Å²) in [5.74, 6) is 0. The van der Waals surface area contributed by atoms with Crippen LogP contribution in [0.3, 0.4) is 0 Å². The molecule has 0 aromatic heterocycles. The van der Waals surface area contributed by atoms with Crippen LogP contribution in [-0.2, 0) is 0 Å². The predicted molar refractivity (Wildman–Crippen MR) is 73.3 cm³/mol.